The van der Waals surface area contributed by atoms with Gasteiger partial charge in [0.25, 0.3) is 0 Å². The minimum Gasteiger partial charge on any atom is -0.481 e. The number of likely N-dealkylation sites (tertiary alicyclic amines) is 1. The van der Waals surface area contributed by atoms with E-state index in [1.165, 1.54) is 25.7 Å². The first kappa shape index (κ1) is 15.8. The van der Waals surface area contributed by atoms with E-state index < -0.39 is 5.97 Å². The lowest BCUT2D eigenvalue weighted by molar-refractivity contribution is -0.141. The Labute approximate surface area is 123 Å². The van der Waals surface area contributed by atoms with Crippen molar-refractivity contribution in [2.24, 2.45) is 0 Å². The normalized spacial score (nSPS) is 27.4. The third-order valence-electron chi connectivity index (χ3n) is 5.49. The summed E-state index contributed by atoms with van der Waals surface area (Å²) in [6.07, 6.45) is 7.20. The minimum atomic E-state index is -0.641. The molecule has 116 valence electrons. The molecule has 4 heteroatoms. The van der Waals surface area contributed by atoms with Crippen molar-refractivity contribution in [2.45, 2.75) is 76.4 Å². The van der Waals surface area contributed by atoms with E-state index in [1.54, 1.807) is 0 Å². The average molecular weight is 282 g/mol. The second-order valence-corrected chi connectivity index (χ2v) is 7.00. The lowest BCUT2D eigenvalue weighted by Crippen LogP contribution is -2.54. The van der Waals surface area contributed by atoms with Crippen molar-refractivity contribution in [3.63, 3.8) is 0 Å². The number of carboxylic acid groups (broad SMARTS) is 1. The number of nitrogens with zero attached hydrogens (tertiary/aromatic N) is 2. The summed E-state index contributed by atoms with van der Waals surface area (Å²) in [5, 5.41) is 9.33. The Kier molecular flexibility index (Phi) is 5.08. The lowest BCUT2D eigenvalue weighted by atomic mass is 9.77. The molecule has 1 unspecified atom stereocenters. The van der Waals surface area contributed by atoms with E-state index >= 15 is 0 Å². The average Bonchev–Trinajstić information content (AvgIpc) is 2.87. The number of rotatable bonds is 5. The number of hydrogen-bond acceptors (Lipinski definition) is 3. The third-order valence-corrected chi connectivity index (χ3v) is 5.49. The van der Waals surface area contributed by atoms with Crippen LogP contribution in [-0.2, 0) is 4.79 Å². The molecule has 1 aliphatic carbocycles. The van der Waals surface area contributed by atoms with Crippen LogP contribution in [0.15, 0.2) is 0 Å². The number of aliphatic carboxylic acids is 1. The van der Waals surface area contributed by atoms with Crippen LogP contribution in [0.25, 0.3) is 0 Å². The van der Waals surface area contributed by atoms with Gasteiger partial charge in [0.05, 0.1) is 6.42 Å². The van der Waals surface area contributed by atoms with Gasteiger partial charge < -0.3 is 5.11 Å². The number of likely N-dealkylation sites (N-methyl/N-ethyl adjacent to an activating group) is 1. The zero-order valence-corrected chi connectivity index (χ0v) is 13.3. The van der Waals surface area contributed by atoms with E-state index in [4.69, 9.17) is 0 Å². The molecular weight excluding hydrogens is 252 g/mol. The van der Waals surface area contributed by atoms with E-state index in [1.807, 2.05) is 0 Å². The predicted molar refractivity (Wildman–Crippen MR) is 80.9 cm³/mol. The Morgan fingerprint density at radius 2 is 2.00 bits per heavy atom. The van der Waals surface area contributed by atoms with Gasteiger partial charge in [-0.1, -0.05) is 19.3 Å². The van der Waals surface area contributed by atoms with Gasteiger partial charge in [-0.05, 0) is 40.2 Å². The van der Waals surface area contributed by atoms with Crippen molar-refractivity contribution in [3.8, 4) is 0 Å². The largest absolute Gasteiger partial charge is 0.481 e. The summed E-state index contributed by atoms with van der Waals surface area (Å²) in [6, 6.07) is 1.12. The first-order valence-corrected chi connectivity index (χ1v) is 8.13. The molecule has 1 heterocycles. The van der Waals surface area contributed by atoms with Gasteiger partial charge in [0.2, 0.25) is 0 Å². The van der Waals surface area contributed by atoms with Crippen LogP contribution in [0, 0.1) is 0 Å². The molecule has 1 saturated carbocycles. The quantitative estimate of drug-likeness (QED) is 0.842. The standard InChI is InChI=1S/C16H30N2O2/c1-13(2)18-10-7-14(12-18)17(3)16(11-15(19)20)8-5-4-6-9-16/h13-14H,4-12H2,1-3H3,(H,19,20). The molecule has 1 N–H and O–H groups in total. The van der Waals surface area contributed by atoms with Crippen molar-refractivity contribution in [3.05, 3.63) is 0 Å². The second kappa shape index (κ2) is 6.44. The zero-order valence-electron chi connectivity index (χ0n) is 13.3. The number of carbonyl (C=O) groups is 1. The summed E-state index contributed by atoms with van der Waals surface area (Å²) in [5.74, 6) is -0.641. The van der Waals surface area contributed by atoms with Gasteiger partial charge in [-0.25, -0.2) is 0 Å². The van der Waals surface area contributed by atoms with Crippen LogP contribution in [0.4, 0.5) is 0 Å². The van der Waals surface area contributed by atoms with Crippen LogP contribution >= 0.6 is 0 Å². The van der Waals surface area contributed by atoms with Gasteiger partial charge in [0.1, 0.15) is 0 Å². The van der Waals surface area contributed by atoms with Crippen molar-refractivity contribution in [2.75, 3.05) is 20.1 Å². The predicted octanol–water partition coefficient (Wildman–Crippen LogP) is 2.58. The Morgan fingerprint density at radius 3 is 2.50 bits per heavy atom. The van der Waals surface area contributed by atoms with Crippen LogP contribution < -0.4 is 0 Å². The first-order chi connectivity index (χ1) is 9.44. The monoisotopic (exact) mass is 282 g/mol. The van der Waals surface area contributed by atoms with Crippen LogP contribution in [0.1, 0.15) is 58.8 Å². The maximum absolute atomic E-state index is 11.3. The summed E-state index contributed by atoms with van der Waals surface area (Å²) < 4.78 is 0. The van der Waals surface area contributed by atoms with E-state index in [0.29, 0.717) is 18.5 Å². The first-order valence-electron chi connectivity index (χ1n) is 8.13. The summed E-state index contributed by atoms with van der Waals surface area (Å²) >= 11 is 0. The maximum Gasteiger partial charge on any atom is 0.305 e. The van der Waals surface area contributed by atoms with Gasteiger partial charge in [-0.2, -0.15) is 0 Å². The van der Waals surface area contributed by atoms with Crippen LogP contribution in [0.5, 0.6) is 0 Å². The molecule has 0 amide bonds. The highest BCUT2D eigenvalue weighted by atomic mass is 16.4. The minimum absolute atomic E-state index is 0.0955. The smallest absolute Gasteiger partial charge is 0.305 e. The molecule has 20 heavy (non-hydrogen) atoms. The second-order valence-electron chi connectivity index (χ2n) is 7.00. The highest BCUT2D eigenvalue weighted by Crippen LogP contribution is 2.38. The number of carboxylic acids is 1. The molecule has 2 fully saturated rings. The van der Waals surface area contributed by atoms with Crippen molar-refractivity contribution in [1.29, 1.82) is 0 Å². The molecule has 0 bridgehead atoms. The van der Waals surface area contributed by atoms with Gasteiger partial charge in [-0.3, -0.25) is 14.6 Å². The fraction of sp³-hybridized carbons (Fsp3) is 0.938. The topological polar surface area (TPSA) is 43.8 Å². The Hall–Kier alpha value is -0.610. The molecule has 0 aromatic heterocycles. The molecule has 2 aliphatic rings. The van der Waals surface area contributed by atoms with Crippen LogP contribution in [0.2, 0.25) is 0 Å². The highest BCUT2D eigenvalue weighted by molar-refractivity contribution is 5.68. The van der Waals surface area contributed by atoms with E-state index in [2.05, 4.69) is 30.7 Å². The summed E-state index contributed by atoms with van der Waals surface area (Å²) in [4.78, 5) is 16.3. The van der Waals surface area contributed by atoms with E-state index in [9.17, 15) is 9.90 Å². The SMILES string of the molecule is CC(C)N1CCC(N(C)C2(CC(=O)O)CCCCC2)C1. The number of hydrogen-bond donors (Lipinski definition) is 1. The molecule has 1 aliphatic heterocycles. The summed E-state index contributed by atoms with van der Waals surface area (Å²) in [7, 11) is 2.17. The van der Waals surface area contributed by atoms with Gasteiger partial charge >= 0.3 is 5.97 Å². The summed E-state index contributed by atoms with van der Waals surface area (Å²) in [6.45, 7) is 6.73. The molecular formula is C16H30N2O2. The van der Waals surface area contributed by atoms with Crippen molar-refractivity contribution in [1.82, 2.24) is 9.80 Å². The Morgan fingerprint density at radius 1 is 1.35 bits per heavy atom. The lowest BCUT2D eigenvalue weighted by Gasteiger charge is -2.47. The zero-order chi connectivity index (χ0) is 14.8. The molecule has 0 aromatic carbocycles. The molecule has 1 saturated heterocycles. The maximum atomic E-state index is 11.3. The van der Waals surface area contributed by atoms with Crippen molar-refractivity contribution >= 4 is 5.97 Å². The Bertz CT molecular complexity index is 337. The van der Waals surface area contributed by atoms with Gasteiger partial charge in [0.15, 0.2) is 0 Å². The molecule has 0 aromatic rings. The fourth-order valence-corrected chi connectivity index (χ4v) is 4.09. The van der Waals surface area contributed by atoms with Gasteiger partial charge in [-0.15, -0.1) is 0 Å². The van der Waals surface area contributed by atoms with Crippen LogP contribution in [0.3, 0.4) is 0 Å². The molecule has 0 spiro atoms. The fourth-order valence-electron chi connectivity index (χ4n) is 4.09. The van der Waals surface area contributed by atoms with Gasteiger partial charge in [0, 0.05) is 30.7 Å². The van der Waals surface area contributed by atoms with E-state index in [0.717, 1.165) is 25.9 Å². The van der Waals surface area contributed by atoms with Crippen molar-refractivity contribution < 1.29 is 9.90 Å². The molecule has 2 rings (SSSR count). The Balaban J connectivity index is 2.07. The molecule has 0 radical (unpaired) electrons. The summed E-state index contributed by atoms with van der Waals surface area (Å²) in [5.41, 5.74) is -0.0955. The molecule has 4 nitrogen and oxygen atoms in total. The molecule has 1 atom stereocenters. The third kappa shape index (κ3) is 3.34. The van der Waals surface area contributed by atoms with Crippen LogP contribution in [-0.4, -0.2) is 58.6 Å². The highest BCUT2D eigenvalue weighted by Gasteiger charge is 2.42. The van der Waals surface area contributed by atoms with E-state index in [-0.39, 0.29) is 5.54 Å².